The molecule has 1 saturated carbocycles. The third kappa shape index (κ3) is 3.55. The SMILES string of the molecule is O=C(CN1CCC[C@@H]1c1noc(C2CC2)n1)NC[C@@H]1CCOC1. The summed E-state index contributed by atoms with van der Waals surface area (Å²) in [5.74, 6) is 2.54. The second kappa shape index (κ2) is 6.57. The van der Waals surface area contributed by atoms with E-state index >= 15 is 0 Å². The molecule has 0 spiro atoms. The van der Waals surface area contributed by atoms with Crippen LogP contribution in [-0.2, 0) is 9.53 Å². The normalized spacial score (nSPS) is 28.3. The van der Waals surface area contributed by atoms with Gasteiger partial charge in [-0.3, -0.25) is 9.69 Å². The highest BCUT2D eigenvalue weighted by Gasteiger charge is 2.34. The molecule has 1 aromatic heterocycles. The Bertz CT molecular complexity index is 551. The predicted octanol–water partition coefficient (Wildman–Crippen LogP) is 1.24. The molecular formula is C16H24N4O3. The van der Waals surface area contributed by atoms with Crippen LogP contribution >= 0.6 is 0 Å². The van der Waals surface area contributed by atoms with Gasteiger partial charge in [-0.05, 0) is 38.6 Å². The van der Waals surface area contributed by atoms with Crippen molar-refractivity contribution in [1.29, 1.82) is 0 Å². The van der Waals surface area contributed by atoms with Crippen LogP contribution in [0.5, 0.6) is 0 Å². The first kappa shape index (κ1) is 15.1. The minimum Gasteiger partial charge on any atom is -0.381 e. The van der Waals surface area contributed by atoms with Gasteiger partial charge in [0.05, 0.1) is 19.2 Å². The number of amides is 1. The van der Waals surface area contributed by atoms with Gasteiger partial charge in [-0.15, -0.1) is 0 Å². The van der Waals surface area contributed by atoms with E-state index in [0.717, 1.165) is 63.6 Å². The smallest absolute Gasteiger partial charge is 0.234 e. The van der Waals surface area contributed by atoms with Gasteiger partial charge in [-0.25, -0.2) is 0 Å². The summed E-state index contributed by atoms with van der Waals surface area (Å²) in [4.78, 5) is 18.9. The first-order chi connectivity index (χ1) is 11.3. The van der Waals surface area contributed by atoms with Crippen molar-refractivity contribution in [1.82, 2.24) is 20.4 Å². The Kier molecular flexibility index (Phi) is 4.31. The maximum atomic E-state index is 12.2. The van der Waals surface area contributed by atoms with Crippen molar-refractivity contribution in [2.45, 2.75) is 44.1 Å². The molecule has 126 valence electrons. The predicted molar refractivity (Wildman–Crippen MR) is 81.8 cm³/mol. The fourth-order valence-electron chi connectivity index (χ4n) is 3.43. The van der Waals surface area contributed by atoms with Gasteiger partial charge in [0.2, 0.25) is 11.8 Å². The molecule has 4 rings (SSSR count). The number of nitrogens with one attached hydrogen (secondary N) is 1. The Morgan fingerprint density at radius 1 is 1.30 bits per heavy atom. The average molecular weight is 320 g/mol. The number of rotatable bonds is 6. The van der Waals surface area contributed by atoms with Crippen LogP contribution in [0.25, 0.3) is 0 Å². The van der Waals surface area contributed by atoms with Gasteiger partial charge in [0.15, 0.2) is 5.82 Å². The maximum Gasteiger partial charge on any atom is 0.234 e. The highest BCUT2D eigenvalue weighted by atomic mass is 16.5. The number of hydrogen-bond donors (Lipinski definition) is 1. The van der Waals surface area contributed by atoms with Gasteiger partial charge in [-0.2, -0.15) is 4.98 Å². The van der Waals surface area contributed by atoms with E-state index in [4.69, 9.17) is 9.26 Å². The lowest BCUT2D eigenvalue weighted by Gasteiger charge is -2.21. The van der Waals surface area contributed by atoms with Gasteiger partial charge < -0.3 is 14.6 Å². The third-order valence-electron chi connectivity index (χ3n) is 5.00. The van der Waals surface area contributed by atoms with Gasteiger partial charge in [0, 0.05) is 25.0 Å². The van der Waals surface area contributed by atoms with E-state index in [0.29, 0.717) is 24.9 Å². The van der Waals surface area contributed by atoms with E-state index < -0.39 is 0 Å². The molecule has 0 aromatic carbocycles. The van der Waals surface area contributed by atoms with Crippen LogP contribution in [0.3, 0.4) is 0 Å². The van der Waals surface area contributed by atoms with Crippen molar-refractivity contribution in [3.8, 4) is 0 Å². The molecule has 1 aliphatic carbocycles. The van der Waals surface area contributed by atoms with Crippen molar-refractivity contribution in [3.63, 3.8) is 0 Å². The number of hydrogen-bond acceptors (Lipinski definition) is 6. The molecule has 1 N–H and O–H groups in total. The number of carbonyl (C=O) groups excluding carboxylic acids is 1. The zero-order chi connectivity index (χ0) is 15.6. The highest BCUT2D eigenvalue weighted by Crippen LogP contribution is 2.40. The fourth-order valence-corrected chi connectivity index (χ4v) is 3.43. The van der Waals surface area contributed by atoms with Gasteiger partial charge in [-0.1, -0.05) is 5.16 Å². The fraction of sp³-hybridized carbons (Fsp3) is 0.812. The molecule has 3 fully saturated rings. The maximum absolute atomic E-state index is 12.2. The Hall–Kier alpha value is -1.47. The Labute approximate surface area is 135 Å². The van der Waals surface area contributed by atoms with Gasteiger partial charge in [0.1, 0.15) is 0 Å². The molecule has 1 aromatic rings. The van der Waals surface area contributed by atoms with Gasteiger partial charge in [0.25, 0.3) is 0 Å². The van der Waals surface area contributed by atoms with E-state index in [1.54, 1.807) is 0 Å². The minimum absolute atomic E-state index is 0.0784. The summed E-state index contributed by atoms with van der Waals surface area (Å²) in [5, 5.41) is 7.18. The Balaban J connectivity index is 1.30. The number of aromatic nitrogens is 2. The minimum atomic E-state index is 0.0784. The number of ether oxygens (including phenoxy) is 1. The molecule has 3 heterocycles. The van der Waals surface area contributed by atoms with E-state index in [-0.39, 0.29) is 11.9 Å². The zero-order valence-corrected chi connectivity index (χ0v) is 13.4. The first-order valence-corrected chi connectivity index (χ1v) is 8.71. The molecule has 2 atom stereocenters. The van der Waals surface area contributed by atoms with Gasteiger partial charge >= 0.3 is 0 Å². The molecule has 0 radical (unpaired) electrons. The van der Waals surface area contributed by atoms with E-state index in [9.17, 15) is 4.79 Å². The highest BCUT2D eigenvalue weighted by molar-refractivity contribution is 5.78. The standard InChI is InChI=1S/C16H24N4O3/c21-14(17-8-11-5-7-22-10-11)9-20-6-1-2-13(20)15-18-16(23-19-15)12-3-4-12/h11-13H,1-10H2,(H,17,21)/t11-,13+/m0/s1. The lowest BCUT2D eigenvalue weighted by atomic mass is 10.1. The van der Waals surface area contributed by atoms with E-state index in [1.165, 1.54) is 0 Å². The van der Waals surface area contributed by atoms with Crippen LogP contribution in [0, 0.1) is 5.92 Å². The monoisotopic (exact) mass is 320 g/mol. The van der Waals surface area contributed by atoms with Crippen molar-refractivity contribution < 1.29 is 14.1 Å². The largest absolute Gasteiger partial charge is 0.381 e. The summed E-state index contributed by atoms with van der Waals surface area (Å²) in [6.45, 7) is 3.62. The average Bonchev–Trinajstić information content (AvgIpc) is 2.99. The van der Waals surface area contributed by atoms with E-state index in [2.05, 4.69) is 20.4 Å². The molecule has 2 aliphatic heterocycles. The van der Waals surface area contributed by atoms with Crippen LogP contribution in [0.1, 0.15) is 55.8 Å². The second-order valence-electron chi connectivity index (χ2n) is 6.93. The molecule has 0 bridgehead atoms. The van der Waals surface area contributed by atoms with Crippen LogP contribution in [0.4, 0.5) is 0 Å². The summed E-state index contributed by atoms with van der Waals surface area (Å²) >= 11 is 0. The molecule has 0 unspecified atom stereocenters. The van der Waals surface area contributed by atoms with Crippen molar-refractivity contribution in [3.05, 3.63) is 11.7 Å². The number of nitrogens with zero attached hydrogens (tertiary/aromatic N) is 3. The van der Waals surface area contributed by atoms with Crippen LogP contribution < -0.4 is 5.32 Å². The topological polar surface area (TPSA) is 80.5 Å². The molecule has 3 aliphatic rings. The summed E-state index contributed by atoms with van der Waals surface area (Å²) in [6.07, 6.45) is 5.42. The molecule has 7 heteroatoms. The molecule has 23 heavy (non-hydrogen) atoms. The molecular weight excluding hydrogens is 296 g/mol. The van der Waals surface area contributed by atoms with Crippen molar-refractivity contribution in [2.24, 2.45) is 5.92 Å². The third-order valence-corrected chi connectivity index (χ3v) is 5.00. The summed E-state index contributed by atoms with van der Waals surface area (Å²) in [5.41, 5.74) is 0. The lowest BCUT2D eigenvalue weighted by Crippen LogP contribution is -2.39. The summed E-state index contributed by atoms with van der Waals surface area (Å²) in [7, 11) is 0. The Morgan fingerprint density at radius 3 is 3.00 bits per heavy atom. The van der Waals surface area contributed by atoms with Crippen molar-refractivity contribution in [2.75, 3.05) is 32.8 Å². The molecule has 2 saturated heterocycles. The quantitative estimate of drug-likeness (QED) is 0.849. The summed E-state index contributed by atoms with van der Waals surface area (Å²) < 4.78 is 10.7. The zero-order valence-electron chi connectivity index (χ0n) is 13.4. The van der Waals surface area contributed by atoms with Crippen molar-refractivity contribution >= 4 is 5.91 Å². The van der Waals surface area contributed by atoms with E-state index in [1.807, 2.05) is 0 Å². The first-order valence-electron chi connectivity index (χ1n) is 8.71. The lowest BCUT2D eigenvalue weighted by molar-refractivity contribution is -0.122. The molecule has 1 amide bonds. The number of likely N-dealkylation sites (tertiary alicyclic amines) is 1. The van der Waals surface area contributed by atoms with Crippen LogP contribution in [-0.4, -0.2) is 53.8 Å². The van der Waals surface area contributed by atoms with Crippen LogP contribution in [0.2, 0.25) is 0 Å². The Morgan fingerprint density at radius 2 is 2.22 bits per heavy atom. The summed E-state index contributed by atoms with van der Waals surface area (Å²) in [6, 6.07) is 0.117. The second-order valence-corrected chi connectivity index (χ2v) is 6.93. The van der Waals surface area contributed by atoms with Crippen LogP contribution in [0.15, 0.2) is 4.52 Å². The number of carbonyl (C=O) groups is 1. The molecule has 7 nitrogen and oxygen atoms in total.